The molecule has 0 aromatic heterocycles. The molecule has 0 aliphatic heterocycles. The first-order valence-electron chi connectivity index (χ1n) is 33.2. The molecule has 432 valence electrons. The fourth-order valence-electron chi connectivity index (χ4n) is 10.3. The summed E-state index contributed by atoms with van der Waals surface area (Å²) < 4.78 is 16.8. The zero-order valence-corrected chi connectivity index (χ0v) is 49.7. The zero-order valence-electron chi connectivity index (χ0n) is 49.7. The van der Waals surface area contributed by atoms with Gasteiger partial charge in [0.05, 0.1) is 0 Å². The van der Waals surface area contributed by atoms with Gasteiger partial charge in [-0.25, -0.2) is 0 Å². The lowest BCUT2D eigenvalue weighted by molar-refractivity contribution is -0.167. The summed E-state index contributed by atoms with van der Waals surface area (Å²) in [4.78, 5) is 38.0. The molecule has 6 heteroatoms. The van der Waals surface area contributed by atoms with E-state index in [0.717, 1.165) is 57.8 Å². The van der Waals surface area contributed by atoms with E-state index in [4.69, 9.17) is 14.2 Å². The van der Waals surface area contributed by atoms with Gasteiger partial charge in [-0.2, -0.15) is 0 Å². The number of carbonyl (C=O) groups is 3. The van der Waals surface area contributed by atoms with E-state index in [9.17, 15) is 14.4 Å². The van der Waals surface area contributed by atoms with Crippen LogP contribution in [-0.2, 0) is 28.6 Å². The third-order valence-electron chi connectivity index (χ3n) is 15.3. The van der Waals surface area contributed by atoms with Crippen LogP contribution in [0.25, 0.3) is 0 Å². The summed E-state index contributed by atoms with van der Waals surface area (Å²) in [5, 5.41) is 0. The molecule has 0 heterocycles. The quantitative estimate of drug-likeness (QED) is 0.0261. The molecule has 0 aliphatic rings. The van der Waals surface area contributed by atoms with Crippen LogP contribution < -0.4 is 0 Å². The van der Waals surface area contributed by atoms with Crippen LogP contribution in [0.2, 0.25) is 0 Å². The molecule has 0 fully saturated rings. The molecule has 0 radical (unpaired) electrons. The Morgan fingerprint density at radius 2 is 0.452 bits per heavy atom. The maximum absolute atomic E-state index is 12.8. The molecule has 0 bridgehead atoms. The number of ether oxygens (including phenoxy) is 3. The van der Waals surface area contributed by atoms with E-state index in [2.05, 4.69) is 32.9 Å². The summed E-state index contributed by atoms with van der Waals surface area (Å²) in [5.41, 5.74) is 0. The number of rotatable bonds is 62. The third kappa shape index (κ3) is 60.9. The van der Waals surface area contributed by atoms with Crippen LogP contribution in [0.5, 0.6) is 0 Å². The normalized spacial score (nSPS) is 12.0. The highest BCUT2D eigenvalue weighted by atomic mass is 16.6. The Morgan fingerprint density at radius 3 is 0.685 bits per heavy atom. The molecule has 0 aromatic rings. The molecular formula is C67H128O6. The summed E-state index contributed by atoms with van der Waals surface area (Å²) in [7, 11) is 0. The van der Waals surface area contributed by atoms with Gasteiger partial charge in [-0.15, -0.1) is 0 Å². The largest absolute Gasteiger partial charge is 0.462 e. The minimum absolute atomic E-state index is 0.0667. The van der Waals surface area contributed by atoms with Gasteiger partial charge < -0.3 is 14.2 Å². The lowest BCUT2D eigenvalue weighted by Crippen LogP contribution is -2.30. The van der Waals surface area contributed by atoms with Crippen molar-refractivity contribution in [3.63, 3.8) is 0 Å². The summed E-state index contributed by atoms with van der Waals surface area (Å²) in [6.07, 6.45) is 74.3. The number of unbranched alkanes of at least 4 members (excludes halogenated alkanes) is 49. The van der Waals surface area contributed by atoms with Crippen molar-refractivity contribution in [3.05, 3.63) is 12.2 Å². The highest BCUT2D eigenvalue weighted by Gasteiger charge is 2.19. The monoisotopic (exact) mass is 1030 g/mol. The van der Waals surface area contributed by atoms with Crippen molar-refractivity contribution >= 4 is 17.9 Å². The number of carbonyl (C=O) groups excluding carboxylic acids is 3. The fourth-order valence-corrected chi connectivity index (χ4v) is 10.3. The van der Waals surface area contributed by atoms with Crippen LogP contribution in [0.4, 0.5) is 0 Å². The SMILES string of the molecule is CCCCCCCCC/C=C\CCCCCCCCCC(=O)OC(COC(=O)CCCCCCCC)COC(=O)CCCCCCCCCCCCCCCCCCCCCCCCCCCCCCCCC. The van der Waals surface area contributed by atoms with E-state index in [0.29, 0.717) is 19.3 Å². The van der Waals surface area contributed by atoms with Crippen molar-refractivity contribution in [3.8, 4) is 0 Å². The molecule has 6 nitrogen and oxygen atoms in total. The topological polar surface area (TPSA) is 78.9 Å². The molecule has 1 unspecified atom stereocenters. The zero-order chi connectivity index (χ0) is 52.9. The second-order valence-corrected chi connectivity index (χ2v) is 22.7. The molecule has 0 saturated heterocycles. The van der Waals surface area contributed by atoms with Crippen LogP contribution >= 0.6 is 0 Å². The summed E-state index contributed by atoms with van der Waals surface area (Å²) >= 11 is 0. The predicted molar refractivity (Wildman–Crippen MR) is 317 cm³/mol. The summed E-state index contributed by atoms with van der Waals surface area (Å²) in [6, 6.07) is 0. The van der Waals surface area contributed by atoms with Crippen molar-refractivity contribution in [2.75, 3.05) is 13.2 Å². The van der Waals surface area contributed by atoms with E-state index in [1.807, 2.05) is 0 Å². The van der Waals surface area contributed by atoms with Gasteiger partial charge in [-0.05, 0) is 44.9 Å². The number of esters is 3. The highest BCUT2D eigenvalue weighted by molar-refractivity contribution is 5.71. The lowest BCUT2D eigenvalue weighted by atomic mass is 10.0. The van der Waals surface area contributed by atoms with Crippen molar-refractivity contribution in [2.45, 2.75) is 386 Å². The first-order chi connectivity index (χ1) is 36.0. The molecule has 0 saturated carbocycles. The lowest BCUT2D eigenvalue weighted by Gasteiger charge is -2.18. The Labute approximate surface area is 456 Å². The van der Waals surface area contributed by atoms with Gasteiger partial charge in [0, 0.05) is 19.3 Å². The van der Waals surface area contributed by atoms with Crippen molar-refractivity contribution < 1.29 is 28.6 Å². The predicted octanol–water partition coefficient (Wildman–Crippen LogP) is 22.4. The molecular weight excluding hydrogens is 901 g/mol. The fraction of sp³-hybridized carbons (Fsp3) is 0.925. The molecule has 0 aliphatic carbocycles. The van der Waals surface area contributed by atoms with E-state index in [1.54, 1.807) is 0 Å². The van der Waals surface area contributed by atoms with Crippen LogP contribution in [-0.4, -0.2) is 37.2 Å². The van der Waals surface area contributed by atoms with Gasteiger partial charge in [0.1, 0.15) is 13.2 Å². The average Bonchev–Trinajstić information content (AvgIpc) is 3.39. The van der Waals surface area contributed by atoms with Gasteiger partial charge in [0.25, 0.3) is 0 Å². The maximum atomic E-state index is 12.8. The first kappa shape index (κ1) is 71.2. The number of hydrogen-bond acceptors (Lipinski definition) is 6. The Bertz CT molecular complexity index is 1130. The third-order valence-corrected chi connectivity index (χ3v) is 15.3. The summed E-state index contributed by atoms with van der Waals surface area (Å²) in [5.74, 6) is -0.856. The molecule has 0 aromatic carbocycles. The first-order valence-corrected chi connectivity index (χ1v) is 33.2. The van der Waals surface area contributed by atoms with Crippen molar-refractivity contribution in [1.29, 1.82) is 0 Å². The Balaban J connectivity index is 3.93. The van der Waals surface area contributed by atoms with Crippen LogP contribution in [0.15, 0.2) is 12.2 Å². The van der Waals surface area contributed by atoms with Gasteiger partial charge in [0.15, 0.2) is 6.10 Å². The van der Waals surface area contributed by atoms with E-state index in [-0.39, 0.29) is 31.1 Å². The second-order valence-electron chi connectivity index (χ2n) is 22.7. The second kappa shape index (κ2) is 62.7. The number of allylic oxidation sites excluding steroid dienone is 2. The number of hydrogen-bond donors (Lipinski definition) is 0. The Kier molecular flexibility index (Phi) is 61.1. The highest BCUT2D eigenvalue weighted by Crippen LogP contribution is 2.19. The molecule has 0 rings (SSSR count). The van der Waals surface area contributed by atoms with Crippen molar-refractivity contribution in [1.82, 2.24) is 0 Å². The smallest absolute Gasteiger partial charge is 0.306 e. The van der Waals surface area contributed by atoms with Crippen LogP contribution in [0.3, 0.4) is 0 Å². The molecule has 0 spiro atoms. The van der Waals surface area contributed by atoms with Crippen molar-refractivity contribution in [2.24, 2.45) is 0 Å². The standard InChI is InChI=1S/C67H128O6/c1-4-7-10-13-16-18-20-22-24-26-28-29-30-31-32-33-34-35-36-37-38-39-40-42-43-45-47-49-51-54-57-60-66(69)72-63-64(62-71-65(68)59-56-53-15-12-9-6-3)73-67(70)61-58-55-52-50-48-46-44-41-27-25-23-21-19-17-14-11-8-5-2/h25,27,64H,4-24,26,28-63H2,1-3H3/b27-25-. The Hall–Kier alpha value is -1.85. The van der Waals surface area contributed by atoms with Gasteiger partial charge in [-0.1, -0.05) is 328 Å². The maximum Gasteiger partial charge on any atom is 0.306 e. The van der Waals surface area contributed by atoms with Crippen LogP contribution in [0.1, 0.15) is 380 Å². The molecule has 0 amide bonds. The summed E-state index contributed by atoms with van der Waals surface area (Å²) in [6.45, 7) is 6.64. The van der Waals surface area contributed by atoms with E-state index >= 15 is 0 Å². The Morgan fingerprint density at radius 1 is 0.260 bits per heavy atom. The molecule has 1 atom stereocenters. The van der Waals surface area contributed by atoms with Gasteiger partial charge >= 0.3 is 17.9 Å². The minimum atomic E-state index is -0.766. The van der Waals surface area contributed by atoms with Gasteiger partial charge in [0.2, 0.25) is 0 Å². The minimum Gasteiger partial charge on any atom is -0.462 e. The molecule has 73 heavy (non-hydrogen) atoms. The van der Waals surface area contributed by atoms with E-state index < -0.39 is 6.10 Å². The molecule has 0 N–H and O–H groups in total. The van der Waals surface area contributed by atoms with E-state index in [1.165, 1.54) is 283 Å². The van der Waals surface area contributed by atoms with Gasteiger partial charge in [-0.3, -0.25) is 14.4 Å². The average molecular weight is 1030 g/mol. The van der Waals surface area contributed by atoms with Crippen LogP contribution in [0, 0.1) is 0 Å².